The molecule has 1 aliphatic rings. The summed E-state index contributed by atoms with van der Waals surface area (Å²) in [6.45, 7) is 2.50. The van der Waals surface area contributed by atoms with Crippen LogP contribution in [0, 0.1) is 5.82 Å². The van der Waals surface area contributed by atoms with Crippen LogP contribution >= 0.6 is 24.0 Å². The van der Waals surface area contributed by atoms with Gasteiger partial charge in [0.25, 0.3) is 0 Å². The van der Waals surface area contributed by atoms with Gasteiger partial charge in [0.05, 0.1) is 23.3 Å². The Kier molecular flexibility index (Phi) is 6.78. The number of rotatable bonds is 4. The summed E-state index contributed by atoms with van der Waals surface area (Å²) in [4.78, 5) is 18.8. The normalized spacial score (nSPS) is 17.8. The van der Waals surface area contributed by atoms with Gasteiger partial charge in [-0.25, -0.2) is 9.37 Å². The van der Waals surface area contributed by atoms with Crippen LogP contribution in [-0.4, -0.2) is 46.5 Å². The number of nitrogens with one attached hydrogen (secondary N) is 2. The van der Waals surface area contributed by atoms with Gasteiger partial charge in [0, 0.05) is 39.1 Å². The van der Waals surface area contributed by atoms with Crippen molar-refractivity contribution in [3.05, 3.63) is 47.3 Å². The topological polar surface area (TPSA) is 62.2 Å². The zero-order valence-corrected chi connectivity index (χ0v) is 15.3. The molecular formula is C16H20Cl2FN5O. The van der Waals surface area contributed by atoms with E-state index in [2.05, 4.69) is 20.5 Å². The van der Waals surface area contributed by atoms with Gasteiger partial charge >= 0.3 is 0 Å². The molecule has 0 spiro atoms. The average Bonchev–Trinajstić information content (AvgIpc) is 2.97. The summed E-state index contributed by atoms with van der Waals surface area (Å²) >= 11 is 5.96. The molecule has 9 heteroatoms. The van der Waals surface area contributed by atoms with Crippen molar-refractivity contribution in [2.75, 3.05) is 31.5 Å². The van der Waals surface area contributed by atoms with Crippen LogP contribution in [0.4, 0.5) is 10.1 Å². The lowest BCUT2D eigenvalue weighted by atomic mass is 10.1. The molecule has 0 radical (unpaired) electrons. The molecule has 136 valence electrons. The summed E-state index contributed by atoms with van der Waals surface area (Å²) in [6.07, 6.45) is 3.64. The van der Waals surface area contributed by atoms with Crippen molar-refractivity contribution < 1.29 is 9.18 Å². The molecule has 1 amide bonds. The smallest absolute Gasteiger partial charge is 0.238 e. The average molecular weight is 388 g/mol. The molecule has 0 aliphatic carbocycles. The Morgan fingerprint density at radius 3 is 3.00 bits per heavy atom. The summed E-state index contributed by atoms with van der Waals surface area (Å²) in [7, 11) is 1.94. The van der Waals surface area contributed by atoms with Crippen LogP contribution in [0.25, 0.3) is 0 Å². The molecule has 1 aromatic carbocycles. The number of aromatic nitrogens is 2. The van der Waals surface area contributed by atoms with Crippen molar-refractivity contribution in [3.63, 3.8) is 0 Å². The molecule has 2 N–H and O–H groups in total. The second-order valence-electron chi connectivity index (χ2n) is 5.76. The highest BCUT2D eigenvalue weighted by Crippen LogP contribution is 2.23. The van der Waals surface area contributed by atoms with E-state index in [-0.39, 0.29) is 35.9 Å². The molecule has 2 heterocycles. The third-order valence-corrected chi connectivity index (χ3v) is 4.38. The lowest BCUT2D eigenvalue weighted by Crippen LogP contribution is -2.49. The van der Waals surface area contributed by atoms with E-state index in [4.69, 9.17) is 11.6 Å². The van der Waals surface area contributed by atoms with Crippen LogP contribution in [0.2, 0.25) is 5.02 Å². The maximum Gasteiger partial charge on any atom is 0.238 e. The number of anilines is 1. The molecule has 1 saturated heterocycles. The number of aryl methyl sites for hydroxylation is 1. The highest BCUT2D eigenvalue weighted by Gasteiger charge is 2.28. The summed E-state index contributed by atoms with van der Waals surface area (Å²) in [5.41, 5.74) is 0.409. The minimum Gasteiger partial charge on any atom is -0.337 e. The van der Waals surface area contributed by atoms with Gasteiger partial charge in [-0.15, -0.1) is 12.4 Å². The predicted octanol–water partition coefficient (Wildman–Crippen LogP) is 2.22. The molecule has 2 aromatic rings. The lowest BCUT2D eigenvalue weighted by Gasteiger charge is -2.35. The third-order valence-electron chi connectivity index (χ3n) is 4.06. The van der Waals surface area contributed by atoms with Crippen LogP contribution in [0.5, 0.6) is 0 Å². The summed E-state index contributed by atoms with van der Waals surface area (Å²) in [5.74, 6) is 0.286. The maximum absolute atomic E-state index is 13.1. The number of nitrogens with zero attached hydrogens (tertiary/aromatic N) is 3. The Bertz CT molecular complexity index is 739. The SMILES string of the molecule is Cl.Cn1ccnc1C1CNCCN1CC(=O)Nc1ccc(F)cc1Cl. The fourth-order valence-corrected chi connectivity index (χ4v) is 3.07. The Morgan fingerprint density at radius 2 is 2.32 bits per heavy atom. The van der Waals surface area contributed by atoms with Gasteiger partial charge in [-0.05, 0) is 18.2 Å². The molecule has 0 bridgehead atoms. The van der Waals surface area contributed by atoms with E-state index < -0.39 is 5.82 Å². The molecular weight excluding hydrogens is 368 g/mol. The van der Waals surface area contributed by atoms with E-state index in [0.717, 1.165) is 25.5 Å². The van der Waals surface area contributed by atoms with Gasteiger partial charge in [-0.2, -0.15) is 0 Å². The zero-order chi connectivity index (χ0) is 17.1. The fourth-order valence-electron chi connectivity index (χ4n) is 2.85. The molecule has 25 heavy (non-hydrogen) atoms. The Labute approximate surface area is 156 Å². The van der Waals surface area contributed by atoms with E-state index in [9.17, 15) is 9.18 Å². The van der Waals surface area contributed by atoms with Gasteiger partial charge in [0.2, 0.25) is 5.91 Å². The first kappa shape index (κ1) is 19.7. The molecule has 1 fully saturated rings. The third kappa shape index (κ3) is 4.70. The van der Waals surface area contributed by atoms with Crippen LogP contribution in [-0.2, 0) is 11.8 Å². The van der Waals surface area contributed by atoms with Crippen molar-refractivity contribution in [3.8, 4) is 0 Å². The molecule has 1 atom stereocenters. The predicted molar refractivity (Wildman–Crippen MR) is 97.7 cm³/mol. The van der Waals surface area contributed by atoms with E-state index in [1.807, 2.05) is 17.8 Å². The largest absolute Gasteiger partial charge is 0.337 e. The number of halogens is 3. The number of hydrogen-bond donors (Lipinski definition) is 2. The van der Waals surface area contributed by atoms with Crippen LogP contribution in [0.1, 0.15) is 11.9 Å². The number of benzene rings is 1. The number of carbonyl (C=O) groups is 1. The number of imidazole rings is 1. The second kappa shape index (κ2) is 8.62. The first-order chi connectivity index (χ1) is 11.5. The number of amides is 1. The van der Waals surface area contributed by atoms with Crippen LogP contribution < -0.4 is 10.6 Å². The standard InChI is InChI=1S/C16H19ClFN5O.ClH/c1-22-6-5-20-16(22)14-9-19-4-7-23(14)10-15(24)21-13-3-2-11(18)8-12(13)17;/h2-3,5-6,8,14,19H,4,7,9-10H2,1H3,(H,21,24);1H. The van der Waals surface area contributed by atoms with E-state index >= 15 is 0 Å². The van der Waals surface area contributed by atoms with Crippen molar-refractivity contribution in [2.24, 2.45) is 7.05 Å². The van der Waals surface area contributed by atoms with E-state index in [0.29, 0.717) is 5.69 Å². The molecule has 1 aromatic heterocycles. The molecule has 6 nitrogen and oxygen atoms in total. The Balaban J connectivity index is 0.00000225. The van der Waals surface area contributed by atoms with Crippen molar-refractivity contribution in [1.29, 1.82) is 0 Å². The zero-order valence-electron chi connectivity index (χ0n) is 13.7. The Hall–Kier alpha value is -1.67. The van der Waals surface area contributed by atoms with E-state index in [1.54, 1.807) is 6.20 Å². The number of carbonyl (C=O) groups excluding carboxylic acids is 1. The summed E-state index contributed by atoms with van der Waals surface area (Å²) in [6, 6.07) is 3.93. The maximum atomic E-state index is 13.1. The number of piperazine rings is 1. The van der Waals surface area contributed by atoms with Gasteiger partial charge in [-0.1, -0.05) is 11.6 Å². The summed E-state index contributed by atoms with van der Waals surface area (Å²) < 4.78 is 15.0. The van der Waals surface area contributed by atoms with Gasteiger partial charge in [-0.3, -0.25) is 9.69 Å². The van der Waals surface area contributed by atoms with Crippen LogP contribution in [0.3, 0.4) is 0 Å². The first-order valence-corrected chi connectivity index (χ1v) is 8.09. The Morgan fingerprint density at radius 1 is 1.52 bits per heavy atom. The van der Waals surface area contributed by atoms with Gasteiger partial charge < -0.3 is 15.2 Å². The fraction of sp³-hybridized carbons (Fsp3) is 0.375. The first-order valence-electron chi connectivity index (χ1n) is 7.71. The molecule has 3 rings (SSSR count). The lowest BCUT2D eigenvalue weighted by molar-refractivity contribution is -0.118. The minimum atomic E-state index is -0.435. The minimum absolute atomic E-state index is 0. The molecule has 1 aliphatic heterocycles. The number of hydrogen-bond acceptors (Lipinski definition) is 4. The second-order valence-corrected chi connectivity index (χ2v) is 6.17. The van der Waals surface area contributed by atoms with Crippen molar-refractivity contribution in [2.45, 2.75) is 6.04 Å². The van der Waals surface area contributed by atoms with Gasteiger partial charge in [0.1, 0.15) is 11.6 Å². The summed E-state index contributed by atoms with van der Waals surface area (Å²) in [5, 5.41) is 6.25. The molecule has 1 unspecified atom stereocenters. The molecule has 0 saturated carbocycles. The highest BCUT2D eigenvalue weighted by molar-refractivity contribution is 6.33. The van der Waals surface area contributed by atoms with Gasteiger partial charge in [0.15, 0.2) is 0 Å². The highest BCUT2D eigenvalue weighted by atomic mass is 35.5. The quantitative estimate of drug-likeness (QED) is 0.844. The van der Waals surface area contributed by atoms with Crippen molar-refractivity contribution in [1.82, 2.24) is 19.8 Å². The van der Waals surface area contributed by atoms with Crippen molar-refractivity contribution >= 4 is 35.6 Å². The van der Waals surface area contributed by atoms with E-state index in [1.165, 1.54) is 18.2 Å². The van der Waals surface area contributed by atoms with Crippen LogP contribution in [0.15, 0.2) is 30.6 Å². The monoisotopic (exact) mass is 387 g/mol.